The van der Waals surface area contributed by atoms with Crippen LogP contribution in [0.1, 0.15) is 36.3 Å². The molecule has 6 aromatic rings. The second-order valence-electron chi connectivity index (χ2n) is 13.4. The smallest absolute Gasteiger partial charge is 0.169 e. The molecular weight excluding hydrogens is 669 g/mol. The summed E-state index contributed by atoms with van der Waals surface area (Å²) < 4.78 is 1.29. The van der Waals surface area contributed by atoms with Crippen LogP contribution in [0.2, 0.25) is 0 Å². The Kier molecular flexibility index (Phi) is 8.70. The molecule has 2 unspecified atom stereocenters. The molecule has 6 nitrogen and oxygen atoms in total. The van der Waals surface area contributed by atoms with Crippen LogP contribution in [0.15, 0.2) is 179 Å². The first kappa shape index (κ1) is 32.7. The fourth-order valence-electron chi connectivity index (χ4n) is 7.74. The number of hydrogen-bond donors (Lipinski definition) is 1. The van der Waals surface area contributed by atoms with Gasteiger partial charge in [-0.2, -0.15) is 0 Å². The van der Waals surface area contributed by atoms with E-state index in [1.54, 1.807) is 6.20 Å². The van der Waals surface area contributed by atoms with Crippen molar-refractivity contribution in [2.24, 2.45) is 15.0 Å². The third-order valence-corrected chi connectivity index (χ3v) is 11.4. The average molecular weight is 707 g/mol. The highest BCUT2D eigenvalue weighted by atomic mass is 32.1. The van der Waals surface area contributed by atoms with Gasteiger partial charge in [-0.3, -0.25) is 9.98 Å². The quantitative estimate of drug-likeness (QED) is 0.120. The van der Waals surface area contributed by atoms with Crippen LogP contribution in [0.5, 0.6) is 0 Å². The summed E-state index contributed by atoms with van der Waals surface area (Å²) >= 11 is 1.87. The molecular formula is C46H38N6S. The van der Waals surface area contributed by atoms with Crippen molar-refractivity contribution in [1.82, 2.24) is 10.3 Å². The molecule has 0 bridgehead atoms. The number of thiophene rings is 1. The van der Waals surface area contributed by atoms with Crippen molar-refractivity contribution in [3.05, 3.63) is 175 Å². The number of nitrogens with one attached hydrogen (secondary N) is 1. The highest BCUT2D eigenvalue weighted by Crippen LogP contribution is 2.46. The number of fused-ring (bicyclic) bond motifs is 5. The molecule has 258 valence electrons. The SMILES string of the molecule is C=CC1=C(c2cc3c(ccc4ccc5ccccc5c43)s2)CC(C/C=C(\C=C)C2N=C(C3=NC=CCC3)NC(c3ccccn3)=N2)N1c1ccccc1. The Hall–Kier alpha value is -6.18. The van der Waals surface area contributed by atoms with Crippen LogP contribution in [-0.2, 0) is 0 Å². The van der Waals surface area contributed by atoms with Crippen molar-refractivity contribution in [3.8, 4) is 0 Å². The Morgan fingerprint density at radius 3 is 2.49 bits per heavy atom. The minimum absolute atomic E-state index is 0.149. The standard InChI is InChI=1S/C46H38N6S/c1-3-30(44-49-45(38-18-10-12-26-47-38)51-46(50-44)39-19-11-13-27-48-39)22-24-34-28-36(40(4-2)52(34)33-15-6-5-7-16-33)42-29-37-41(53-42)25-23-32-21-20-31-14-8-9-17-35(31)43(32)37/h3-10,12-18,20-23,25-27,29,34,44H,1-2,11,19,24,28H2,(H,49,50,51)/b30-22+. The molecule has 4 aromatic carbocycles. The summed E-state index contributed by atoms with van der Waals surface area (Å²) in [5.41, 5.74) is 6.25. The summed E-state index contributed by atoms with van der Waals surface area (Å²) in [7, 11) is 0. The molecule has 9 rings (SSSR count). The molecule has 0 aliphatic carbocycles. The van der Waals surface area contributed by atoms with Gasteiger partial charge in [-0.25, -0.2) is 9.98 Å². The topological polar surface area (TPSA) is 65.2 Å². The lowest BCUT2D eigenvalue weighted by atomic mass is 9.98. The Labute approximate surface area is 313 Å². The van der Waals surface area contributed by atoms with E-state index in [4.69, 9.17) is 9.98 Å². The molecule has 53 heavy (non-hydrogen) atoms. The highest BCUT2D eigenvalue weighted by Gasteiger charge is 2.33. The van der Waals surface area contributed by atoms with Gasteiger partial charge >= 0.3 is 0 Å². The van der Waals surface area contributed by atoms with Crippen molar-refractivity contribution in [2.75, 3.05) is 4.90 Å². The first-order chi connectivity index (χ1) is 26.2. The summed E-state index contributed by atoms with van der Waals surface area (Å²) in [5.74, 6) is 1.41. The summed E-state index contributed by atoms with van der Waals surface area (Å²) in [6, 6.07) is 36.8. The second-order valence-corrected chi connectivity index (χ2v) is 14.5. The number of amidine groups is 2. The Bertz CT molecular complexity index is 2590. The van der Waals surface area contributed by atoms with Crippen molar-refractivity contribution in [3.63, 3.8) is 0 Å². The van der Waals surface area contributed by atoms with Gasteiger partial charge in [0.05, 0.1) is 5.71 Å². The second kappa shape index (κ2) is 14.1. The summed E-state index contributed by atoms with van der Waals surface area (Å²) in [4.78, 5) is 23.1. The Morgan fingerprint density at radius 1 is 0.868 bits per heavy atom. The van der Waals surface area contributed by atoms with Crippen LogP contribution in [-0.4, -0.2) is 34.6 Å². The fourth-order valence-corrected chi connectivity index (χ4v) is 8.87. The lowest BCUT2D eigenvalue weighted by molar-refractivity contribution is 0.687. The van der Waals surface area contributed by atoms with Gasteiger partial charge in [0.25, 0.3) is 0 Å². The van der Waals surface area contributed by atoms with E-state index in [9.17, 15) is 0 Å². The zero-order chi connectivity index (χ0) is 35.7. The van der Waals surface area contributed by atoms with Gasteiger partial charge in [-0.15, -0.1) is 11.3 Å². The number of allylic oxidation sites excluding steroid dienone is 2. The Morgan fingerprint density at radius 2 is 1.68 bits per heavy atom. The molecule has 0 saturated carbocycles. The zero-order valence-corrected chi connectivity index (χ0v) is 30.1. The minimum atomic E-state index is -0.474. The number of nitrogens with zero attached hydrogens (tertiary/aromatic N) is 5. The average Bonchev–Trinajstić information content (AvgIpc) is 3.83. The lowest BCUT2D eigenvalue weighted by Gasteiger charge is -2.29. The largest absolute Gasteiger partial charge is 0.337 e. The number of aliphatic imine (C=N–C) groups is 3. The molecule has 1 N–H and O–H groups in total. The van der Waals surface area contributed by atoms with Gasteiger partial charge in [0.2, 0.25) is 0 Å². The van der Waals surface area contributed by atoms with Gasteiger partial charge in [0, 0.05) is 44.8 Å². The monoisotopic (exact) mass is 706 g/mol. The number of para-hydroxylation sites is 1. The summed E-state index contributed by atoms with van der Waals surface area (Å²) in [5, 5.41) is 9.87. The van der Waals surface area contributed by atoms with E-state index < -0.39 is 6.17 Å². The number of benzene rings is 4. The van der Waals surface area contributed by atoms with Crippen molar-refractivity contribution >= 4 is 71.6 Å². The first-order valence-electron chi connectivity index (χ1n) is 18.1. The molecule has 5 heterocycles. The van der Waals surface area contributed by atoms with Gasteiger partial charge in [-0.05, 0) is 101 Å². The van der Waals surface area contributed by atoms with Crippen molar-refractivity contribution in [1.29, 1.82) is 0 Å². The predicted octanol–water partition coefficient (Wildman–Crippen LogP) is 10.8. The normalized spacial score (nSPS) is 19.0. The van der Waals surface area contributed by atoms with Crippen LogP contribution in [0.25, 0.3) is 37.2 Å². The van der Waals surface area contributed by atoms with E-state index in [0.29, 0.717) is 5.84 Å². The molecule has 0 spiro atoms. The number of aromatic nitrogens is 1. The van der Waals surface area contributed by atoms with Gasteiger partial charge in [0.1, 0.15) is 5.69 Å². The number of hydrogen-bond acceptors (Lipinski definition) is 7. The van der Waals surface area contributed by atoms with E-state index in [2.05, 4.69) is 130 Å². The molecule has 3 aliphatic rings. The van der Waals surface area contributed by atoms with Gasteiger partial charge < -0.3 is 10.2 Å². The van der Waals surface area contributed by atoms with Crippen LogP contribution in [0.4, 0.5) is 5.69 Å². The maximum Gasteiger partial charge on any atom is 0.169 e. The van der Waals surface area contributed by atoms with E-state index in [1.807, 2.05) is 47.9 Å². The van der Waals surface area contributed by atoms with Crippen molar-refractivity contribution in [2.45, 2.75) is 37.9 Å². The van der Waals surface area contributed by atoms with Crippen LogP contribution < -0.4 is 10.2 Å². The fraction of sp³-hybridized carbons (Fsp3) is 0.130. The molecule has 2 atom stereocenters. The predicted molar refractivity (Wildman–Crippen MR) is 225 cm³/mol. The molecule has 7 heteroatoms. The molecule has 2 aromatic heterocycles. The van der Waals surface area contributed by atoms with Gasteiger partial charge in [0.15, 0.2) is 17.8 Å². The van der Waals surface area contributed by atoms with Crippen LogP contribution in [0.3, 0.4) is 0 Å². The van der Waals surface area contributed by atoms with E-state index in [-0.39, 0.29) is 6.04 Å². The third-order valence-electron chi connectivity index (χ3n) is 10.3. The lowest BCUT2D eigenvalue weighted by Crippen LogP contribution is -2.42. The number of rotatable bonds is 9. The molecule has 0 radical (unpaired) electrons. The molecule has 0 saturated heterocycles. The first-order valence-corrected chi connectivity index (χ1v) is 18.9. The Balaban J connectivity index is 1.10. The van der Waals surface area contributed by atoms with Crippen molar-refractivity contribution < 1.29 is 0 Å². The van der Waals surface area contributed by atoms with E-state index in [1.165, 1.54) is 42.1 Å². The molecule has 0 amide bonds. The van der Waals surface area contributed by atoms with E-state index in [0.717, 1.165) is 59.9 Å². The van der Waals surface area contributed by atoms with Crippen LogP contribution in [0, 0.1) is 0 Å². The van der Waals surface area contributed by atoms with E-state index >= 15 is 0 Å². The maximum absolute atomic E-state index is 5.09. The minimum Gasteiger partial charge on any atom is -0.337 e. The third kappa shape index (κ3) is 6.13. The number of pyridine rings is 1. The van der Waals surface area contributed by atoms with Gasteiger partial charge in [-0.1, -0.05) is 98.1 Å². The number of anilines is 1. The van der Waals surface area contributed by atoms with Crippen LogP contribution >= 0.6 is 11.3 Å². The summed E-state index contributed by atoms with van der Waals surface area (Å²) in [6.45, 7) is 8.59. The zero-order valence-electron chi connectivity index (χ0n) is 29.3. The molecule has 0 fully saturated rings. The molecule has 3 aliphatic heterocycles. The summed E-state index contributed by atoms with van der Waals surface area (Å²) in [6.07, 6.45) is 14.8. The maximum atomic E-state index is 5.09. The highest BCUT2D eigenvalue weighted by molar-refractivity contribution is 7.20.